The van der Waals surface area contributed by atoms with Crippen LogP contribution in [0.3, 0.4) is 0 Å². The van der Waals surface area contributed by atoms with E-state index in [2.05, 4.69) is 275 Å². The van der Waals surface area contributed by atoms with E-state index in [4.69, 9.17) is 0 Å². The van der Waals surface area contributed by atoms with Crippen LogP contribution in [-0.4, -0.2) is 9.13 Å². The second-order valence-corrected chi connectivity index (χ2v) is 18.1. The molecular weight excluding hydrogens is 813 g/mol. The number of aromatic nitrogens is 2. The number of nitrogens with zero attached hydrogens (tertiary/aromatic N) is 4. The van der Waals surface area contributed by atoms with Crippen molar-refractivity contribution in [1.82, 2.24) is 9.13 Å². The van der Waals surface area contributed by atoms with E-state index in [1.807, 2.05) is 0 Å². The molecule has 2 heterocycles. The molecule has 10 aromatic carbocycles. The third kappa shape index (κ3) is 6.00. The first-order valence-corrected chi connectivity index (χ1v) is 23.2. The summed E-state index contributed by atoms with van der Waals surface area (Å²) in [6, 6.07) is 88.6. The molecule has 0 amide bonds. The zero-order valence-electron chi connectivity index (χ0n) is 37.4. The molecule has 0 N–H and O–H groups in total. The predicted octanol–water partition coefficient (Wildman–Crippen LogP) is 17.1. The molecule has 12 aromatic rings. The molecule has 0 bridgehead atoms. The maximum absolute atomic E-state index is 2.44. The van der Waals surface area contributed by atoms with Crippen molar-refractivity contribution in [2.75, 3.05) is 9.80 Å². The summed E-state index contributed by atoms with van der Waals surface area (Å²) < 4.78 is 4.87. The summed E-state index contributed by atoms with van der Waals surface area (Å²) in [6.45, 7) is 4.78. The van der Waals surface area contributed by atoms with Crippen molar-refractivity contribution in [3.63, 3.8) is 0 Å². The molecule has 4 nitrogen and oxygen atoms in total. The van der Waals surface area contributed by atoms with E-state index in [1.54, 1.807) is 0 Å². The van der Waals surface area contributed by atoms with E-state index in [0.717, 1.165) is 45.5 Å². The Morgan fingerprint density at radius 1 is 0.299 bits per heavy atom. The van der Waals surface area contributed by atoms with Gasteiger partial charge in [-0.2, -0.15) is 0 Å². The molecule has 0 saturated heterocycles. The van der Waals surface area contributed by atoms with Gasteiger partial charge in [0.25, 0.3) is 0 Å². The highest BCUT2D eigenvalue weighted by atomic mass is 15.2. The van der Waals surface area contributed by atoms with Gasteiger partial charge in [0.05, 0.1) is 44.8 Å². The van der Waals surface area contributed by atoms with Crippen LogP contribution in [0.25, 0.3) is 66.1 Å². The summed E-state index contributed by atoms with van der Waals surface area (Å²) in [7, 11) is 0. The van der Waals surface area contributed by atoms with E-state index < -0.39 is 0 Å². The molecule has 0 atom stereocenters. The Morgan fingerprint density at radius 2 is 0.612 bits per heavy atom. The first-order valence-electron chi connectivity index (χ1n) is 23.2. The Hall–Kier alpha value is -8.60. The van der Waals surface area contributed by atoms with Crippen LogP contribution in [0.2, 0.25) is 0 Å². The van der Waals surface area contributed by atoms with Crippen molar-refractivity contribution < 1.29 is 0 Å². The quantitative estimate of drug-likeness (QED) is 0.151. The highest BCUT2D eigenvalue weighted by Gasteiger charge is 2.37. The van der Waals surface area contributed by atoms with Crippen LogP contribution in [0.1, 0.15) is 25.0 Å². The van der Waals surface area contributed by atoms with E-state index in [1.165, 1.54) is 65.9 Å². The van der Waals surface area contributed by atoms with Crippen molar-refractivity contribution in [2.45, 2.75) is 19.3 Å². The molecule has 0 unspecified atom stereocenters. The first-order chi connectivity index (χ1) is 33.0. The summed E-state index contributed by atoms with van der Waals surface area (Å²) in [5, 5.41) is 4.99. The fourth-order valence-corrected chi connectivity index (χ4v) is 11.0. The Kier molecular flexibility index (Phi) is 8.84. The lowest BCUT2D eigenvalue weighted by molar-refractivity contribution is 0.660. The summed E-state index contributed by atoms with van der Waals surface area (Å²) >= 11 is 0. The van der Waals surface area contributed by atoms with E-state index in [-0.39, 0.29) is 5.41 Å². The van der Waals surface area contributed by atoms with Crippen molar-refractivity contribution in [1.29, 1.82) is 0 Å². The summed E-state index contributed by atoms with van der Waals surface area (Å²) in [6.07, 6.45) is 0. The Labute approximate surface area is 390 Å². The SMILES string of the molecule is CC1(C)c2cc(N(c3ccccc3)c3ccccc3-n3c4ccccc4c4ccccc43)ccc2-c2ccc(N(c3ccccc3)c3ccccc3-n3c4ccccc4c4ccccc43)cc21. The van der Waals surface area contributed by atoms with Gasteiger partial charge < -0.3 is 18.9 Å². The van der Waals surface area contributed by atoms with Crippen molar-refractivity contribution in [2.24, 2.45) is 0 Å². The molecule has 1 aliphatic carbocycles. The van der Waals surface area contributed by atoms with Crippen molar-refractivity contribution >= 4 is 77.7 Å². The van der Waals surface area contributed by atoms with Crippen LogP contribution in [0.4, 0.5) is 34.1 Å². The number of hydrogen-bond acceptors (Lipinski definition) is 2. The zero-order valence-corrected chi connectivity index (χ0v) is 37.4. The molecule has 318 valence electrons. The molecule has 0 spiro atoms. The Balaban J connectivity index is 0.959. The minimum atomic E-state index is -0.305. The fourth-order valence-electron chi connectivity index (χ4n) is 11.0. The van der Waals surface area contributed by atoms with Crippen LogP contribution in [-0.2, 0) is 5.41 Å². The van der Waals surface area contributed by atoms with Crippen LogP contribution >= 0.6 is 0 Å². The molecule has 0 radical (unpaired) electrons. The highest BCUT2D eigenvalue weighted by Crippen LogP contribution is 2.53. The van der Waals surface area contributed by atoms with Gasteiger partial charge in [-0.05, 0) is 119 Å². The normalized spacial score (nSPS) is 12.7. The molecular formula is C63H46N4. The van der Waals surface area contributed by atoms with Gasteiger partial charge in [0.1, 0.15) is 0 Å². The van der Waals surface area contributed by atoms with Crippen molar-refractivity contribution in [3.05, 3.63) is 254 Å². The average Bonchev–Trinajstić information content (AvgIpc) is 3.98. The van der Waals surface area contributed by atoms with E-state index in [0.29, 0.717) is 0 Å². The van der Waals surface area contributed by atoms with E-state index >= 15 is 0 Å². The Morgan fingerprint density at radius 3 is 0.985 bits per heavy atom. The standard InChI is InChI=1S/C63H46N4/c1-63(2)53-41-45(64(43-21-5-3-6-22-43)59-33-17-19-35-61(59)66-55-29-13-9-25-49(55)50-26-10-14-30-56(50)66)37-39-47(53)48-40-38-46(42-54(48)63)65(44-23-7-4-8-24-44)60-34-18-20-36-62(60)67-57-31-15-11-27-51(57)52-28-12-16-32-58(52)67/h3-42H,1-2H3. The first kappa shape index (κ1) is 38.8. The number of benzene rings is 10. The monoisotopic (exact) mass is 858 g/mol. The average molecular weight is 859 g/mol. The fraction of sp³-hybridized carbons (Fsp3) is 0.0476. The molecule has 2 aromatic heterocycles. The van der Waals surface area contributed by atoms with Gasteiger partial charge >= 0.3 is 0 Å². The second-order valence-electron chi connectivity index (χ2n) is 18.1. The maximum atomic E-state index is 2.44. The van der Waals surface area contributed by atoms with Gasteiger partial charge in [-0.3, -0.25) is 0 Å². The zero-order chi connectivity index (χ0) is 44.6. The molecule has 67 heavy (non-hydrogen) atoms. The van der Waals surface area contributed by atoms with Crippen LogP contribution < -0.4 is 9.80 Å². The highest BCUT2D eigenvalue weighted by molar-refractivity contribution is 6.11. The largest absolute Gasteiger partial charge is 0.308 e. The van der Waals surface area contributed by atoms with E-state index in [9.17, 15) is 0 Å². The third-order valence-electron chi connectivity index (χ3n) is 14.1. The molecule has 0 fully saturated rings. The van der Waals surface area contributed by atoms with Gasteiger partial charge in [-0.25, -0.2) is 0 Å². The van der Waals surface area contributed by atoms with Gasteiger partial charge in [-0.1, -0.05) is 159 Å². The van der Waals surface area contributed by atoms with Gasteiger partial charge in [-0.15, -0.1) is 0 Å². The topological polar surface area (TPSA) is 16.3 Å². The lowest BCUT2D eigenvalue weighted by Crippen LogP contribution is -2.18. The molecule has 0 saturated carbocycles. The number of hydrogen-bond donors (Lipinski definition) is 0. The minimum Gasteiger partial charge on any atom is -0.308 e. The maximum Gasteiger partial charge on any atom is 0.0702 e. The van der Waals surface area contributed by atoms with Crippen LogP contribution in [0.5, 0.6) is 0 Å². The molecule has 13 rings (SSSR count). The van der Waals surface area contributed by atoms with Crippen molar-refractivity contribution in [3.8, 4) is 22.5 Å². The van der Waals surface area contributed by atoms with Gasteiger partial charge in [0.15, 0.2) is 0 Å². The summed E-state index contributed by atoms with van der Waals surface area (Å²) in [5.74, 6) is 0. The number of fused-ring (bicyclic) bond motifs is 9. The van der Waals surface area contributed by atoms with Gasteiger partial charge in [0, 0.05) is 49.7 Å². The molecule has 0 aliphatic heterocycles. The van der Waals surface area contributed by atoms with Crippen LogP contribution in [0, 0.1) is 0 Å². The molecule has 4 heteroatoms. The van der Waals surface area contributed by atoms with Gasteiger partial charge in [0.2, 0.25) is 0 Å². The lowest BCUT2D eigenvalue weighted by Gasteiger charge is -2.31. The summed E-state index contributed by atoms with van der Waals surface area (Å²) in [4.78, 5) is 4.87. The lowest BCUT2D eigenvalue weighted by atomic mass is 9.82. The smallest absolute Gasteiger partial charge is 0.0702 e. The molecule has 1 aliphatic rings. The van der Waals surface area contributed by atoms with Crippen LogP contribution in [0.15, 0.2) is 243 Å². The third-order valence-corrected chi connectivity index (χ3v) is 14.1. The Bertz CT molecular complexity index is 3500. The number of anilines is 6. The predicted molar refractivity (Wildman–Crippen MR) is 282 cm³/mol. The summed E-state index contributed by atoms with van der Waals surface area (Å²) in [5.41, 5.74) is 18.5. The number of rotatable bonds is 8. The number of para-hydroxylation sites is 10. The minimum absolute atomic E-state index is 0.305. The second kappa shape index (κ2) is 15.3.